The molecule has 0 saturated heterocycles. The number of pyridine rings is 1. The number of rotatable bonds is 6. The lowest BCUT2D eigenvalue weighted by atomic mass is 9.89. The summed E-state index contributed by atoms with van der Waals surface area (Å²) in [4.78, 5) is 27.7. The van der Waals surface area contributed by atoms with E-state index in [4.69, 9.17) is 15.2 Å². The zero-order valence-electron chi connectivity index (χ0n) is 15.2. The number of hydrogen-bond acceptors (Lipinski definition) is 5. The van der Waals surface area contributed by atoms with Gasteiger partial charge in [-0.25, -0.2) is 4.98 Å². The van der Waals surface area contributed by atoms with Crippen molar-refractivity contribution in [2.45, 2.75) is 45.6 Å². The molecule has 6 nitrogen and oxygen atoms in total. The van der Waals surface area contributed by atoms with Crippen LogP contribution in [0.25, 0.3) is 10.8 Å². The summed E-state index contributed by atoms with van der Waals surface area (Å²) in [6, 6.07) is 5.26. The van der Waals surface area contributed by atoms with Gasteiger partial charge in [0.25, 0.3) is 5.91 Å². The molecule has 2 aromatic rings. The highest BCUT2D eigenvalue weighted by Gasteiger charge is 2.21. The third-order valence-electron chi connectivity index (χ3n) is 4.50. The van der Waals surface area contributed by atoms with Crippen LogP contribution in [0.3, 0.4) is 0 Å². The summed E-state index contributed by atoms with van der Waals surface area (Å²) in [5.41, 5.74) is 5.83. The maximum absolute atomic E-state index is 11.8. The number of fused-ring (bicyclic) bond motifs is 1. The number of Topliss-reactive ketones (excluding diaryl/α,β-unsaturated/α-hetero) is 1. The molecule has 1 saturated carbocycles. The van der Waals surface area contributed by atoms with Gasteiger partial charge in [-0.1, -0.05) is 0 Å². The van der Waals surface area contributed by atoms with Crippen LogP contribution in [0.4, 0.5) is 0 Å². The van der Waals surface area contributed by atoms with E-state index in [0.29, 0.717) is 42.4 Å². The van der Waals surface area contributed by atoms with Crippen LogP contribution >= 0.6 is 0 Å². The molecule has 0 spiro atoms. The fraction of sp³-hybridized carbons (Fsp3) is 0.450. The highest BCUT2D eigenvalue weighted by Crippen LogP contribution is 2.32. The third kappa shape index (κ3) is 4.12. The average Bonchev–Trinajstić information content (AvgIpc) is 2.59. The number of ether oxygens (including phenoxy) is 2. The molecule has 1 unspecified atom stereocenters. The minimum Gasteiger partial charge on any atom is -0.490 e. The van der Waals surface area contributed by atoms with Gasteiger partial charge in [-0.05, 0) is 56.2 Å². The molecular weight excluding hydrogens is 332 g/mol. The number of amides is 1. The maximum atomic E-state index is 11.8. The van der Waals surface area contributed by atoms with Crippen LogP contribution in [0.15, 0.2) is 24.4 Å². The zero-order valence-corrected chi connectivity index (χ0v) is 15.2. The van der Waals surface area contributed by atoms with Gasteiger partial charge in [0.2, 0.25) is 5.88 Å². The Morgan fingerprint density at radius 3 is 2.88 bits per heavy atom. The number of hydrogen-bond donors (Lipinski definition) is 1. The summed E-state index contributed by atoms with van der Waals surface area (Å²) in [5.74, 6) is 0.887. The van der Waals surface area contributed by atoms with Gasteiger partial charge in [0.05, 0.1) is 18.3 Å². The molecule has 1 aromatic heterocycles. The van der Waals surface area contributed by atoms with Gasteiger partial charge in [-0.15, -0.1) is 0 Å². The van der Waals surface area contributed by atoms with Gasteiger partial charge in [0, 0.05) is 24.4 Å². The van der Waals surface area contributed by atoms with Crippen LogP contribution in [0.1, 0.15) is 49.9 Å². The average molecular weight is 356 g/mol. The van der Waals surface area contributed by atoms with Crippen molar-refractivity contribution in [3.8, 4) is 11.6 Å². The summed E-state index contributed by atoms with van der Waals surface area (Å²) in [5, 5.41) is 1.56. The Morgan fingerprint density at radius 1 is 1.38 bits per heavy atom. The van der Waals surface area contributed by atoms with Crippen LogP contribution in [-0.4, -0.2) is 29.4 Å². The predicted molar refractivity (Wildman–Crippen MR) is 98.5 cm³/mol. The Labute approximate surface area is 152 Å². The first-order valence-electron chi connectivity index (χ1n) is 8.97. The molecule has 0 aliphatic heterocycles. The van der Waals surface area contributed by atoms with Crippen molar-refractivity contribution in [3.05, 3.63) is 30.0 Å². The van der Waals surface area contributed by atoms with Crippen LogP contribution in [0.5, 0.6) is 11.6 Å². The second kappa shape index (κ2) is 7.72. The zero-order chi connectivity index (χ0) is 18.7. The van der Waals surface area contributed by atoms with E-state index < -0.39 is 5.91 Å². The second-order valence-electron chi connectivity index (χ2n) is 7.03. The second-order valence-corrected chi connectivity index (χ2v) is 7.03. The van der Waals surface area contributed by atoms with Gasteiger partial charge < -0.3 is 15.2 Å². The number of carbonyl (C=O) groups is 2. The van der Waals surface area contributed by atoms with E-state index >= 15 is 0 Å². The number of primary amides is 1. The number of carbonyl (C=O) groups excluding carboxylic acids is 2. The minimum absolute atomic E-state index is 0.0974. The van der Waals surface area contributed by atoms with Crippen LogP contribution in [0.2, 0.25) is 0 Å². The Bertz CT molecular complexity index is 832. The summed E-state index contributed by atoms with van der Waals surface area (Å²) < 4.78 is 11.7. The molecule has 3 rings (SSSR count). The number of ketones is 1. The van der Waals surface area contributed by atoms with E-state index in [9.17, 15) is 9.59 Å². The summed E-state index contributed by atoms with van der Waals surface area (Å²) in [7, 11) is 0. The van der Waals surface area contributed by atoms with Crippen LogP contribution < -0.4 is 15.2 Å². The van der Waals surface area contributed by atoms with E-state index in [0.717, 1.165) is 23.6 Å². The monoisotopic (exact) mass is 356 g/mol. The molecule has 1 heterocycles. The number of aromatic nitrogens is 1. The van der Waals surface area contributed by atoms with E-state index in [1.807, 2.05) is 13.8 Å². The fourth-order valence-corrected chi connectivity index (χ4v) is 3.29. The lowest BCUT2D eigenvalue weighted by Gasteiger charge is -2.21. The summed E-state index contributed by atoms with van der Waals surface area (Å²) >= 11 is 0. The van der Waals surface area contributed by atoms with Crippen molar-refractivity contribution in [2.75, 3.05) is 6.61 Å². The predicted octanol–water partition coefficient (Wildman–Crippen LogP) is 3.26. The molecule has 1 amide bonds. The lowest BCUT2D eigenvalue weighted by Crippen LogP contribution is -2.21. The molecule has 1 aliphatic rings. The number of nitrogens with two attached hydrogens (primary N) is 1. The van der Waals surface area contributed by atoms with E-state index in [2.05, 4.69) is 4.98 Å². The van der Waals surface area contributed by atoms with E-state index in [-0.39, 0.29) is 12.0 Å². The third-order valence-corrected chi connectivity index (χ3v) is 4.50. The highest BCUT2D eigenvalue weighted by atomic mass is 16.5. The first kappa shape index (κ1) is 18.2. The van der Waals surface area contributed by atoms with Crippen molar-refractivity contribution in [1.82, 2.24) is 4.98 Å². The molecular formula is C20H24N2O4. The molecule has 6 heteroatoms. The maximum Gasteiger partial charge on any atom is 0.252 e. The minimum atomic E-state index is -0.539. The molecule has 1 aromatic carbocycles. The van der Waals surface area contributed by atoms with Gasteiger partial charge in [-0.3, -0.25) is 9.59 Å². The molecule has 1 atom stereocenters. The molecule has 0 radical (unpaired) electrons. The molecule has 138 valence electrons. The standard InChI is InChI=1S/C20H24N2O4/c1-12(2)26-18-10-16-14(9-17(18)19(21)24)6-7-22-20(16)25-11-13-4-3-5-15(23)8-13/h6-7,9-10,12-13H,3-5,8,11H2,1-2H3,(H2,21,24). The topological polar surface area (TPSA) is 91.5 Å². The first-order valence-corrected chi connectivity index (χ1v) is 8.97. The van der Waals surface area contributed by atoms with Crippen LogP contribution in [0, 0.1) is 5.92 Å². The Morgan fingerprint density at radius 2 is 2.19 bits per heavy atom. The quantitative estimate of drug-likeness (QED) is 0.858. The van der Waals surface area contributed by atoms with E-state index in [1.165, 1.54) is 0 Å². The number of benzene rings is 1. The Hall–Kier alpha value is -2.63. The van der Waals surface area contributed by atoms with Crippen molar-refractivity contribution < 1.29 is 19.1 Å². The van der Waals surface area contributed by atoms with Gasteiger partial charge >= 0.3 is 0 Å². The first-order chi connectivity index (χ1) is 12.4. The molecule has 0 bridgehead atoms. The highest BCUT2D eigenvalue weighted by molar-refractivity contribution is 6.01. The number of nitrogens with zero attached hydrogens (tertiary/aromatic N) is 1. The Kier molecular flexibility index (Phi) is 5.40. The largest absolute Gasteiger partial charge is 0.490 e. The normalized spacial score (nSPS) is 17.5. The van der Waals surface area contributed by atoms with Crippen molar-refractivity contribution >= 4 is 22.5 Å². The summed E-state index contributed by atoms with van der Waals surface area (Å²) in [6.07, 6.45) is 4.69. The summed E-state index contributed by atoms with van der Waals surface area (Å²) in [6.45, 7) is 4.22. The lowest BCUT2D eigenvalue weighted by molar-refractivity contribution is -0.121. The Balaban J connectivity index is 1.90. The van der Waals surface area contributed by atoms with Gasteiger partial charge in [0.15, 0.2) is 0 Å². The van der Waals surface area contributed by atoms with E-state index in [1.54, 1.807) is 24.4 Å². The molecule has 1 fully saturated rings. The molecule has 1 aliphatic carbocycles. The van der Waals surface area contributed by atoms with Crippen molar-refractivity contribution in [1.29, 1.82) is 0 Å². The van der Waals surface area contributed by atoms with Crippen LogP contribution in [-0.2, 0) is 4.79 Å². The smallest absolute Gasteiger partial charge is 0.252 e. The van der Waals surface area contributed by atoms with Gasteiger partial charge in [-0.2, -0.15) is 0 Å². The van der Waals surface area contributed by atoms with Gasteiger partial charge in [0.1, 0.15) is 11.5 Å². The molecule has 26 heavy (non-hydrogen) atoms. The van der Waals surface area contributed by atoms with Crippen molar-refractivity contribution in [2.24, 2.45) is 11.7 Å². The van der Waals surface area contributed by atoms with Crippen molar-refractivity contribution in [3.63, 3.8) is 0 Å². The molecule has 2 N–H and O–H groups in total. The fourth-order valence-electron chi connectivity index (χ4n) is 3.29. The SMILES string of the molecule is CC(C)Oc1cc2c(OCC3CCCC(=O)C3)nccc2cc1C(N)=O.